The highest BCUT2D eigenvalue weighted by Gasteiger charge is 2.60. The van der Waals surface area contributed by atoms with Gasteiger partial charge in [-0.05, 0) is 89.9 Å². The van der Waals surface area contributed by atoms with Crippen molar-refractivity contribution in [2.45, 2.75) is 179 Å². The highest BCUT2D eigenvalue weighted by Crippen LogP contribution is 2.46. The molecule has 6 nitrogen and oxygen atoms in total. The van der Waals surface area contributed by atoms with Gasteiger partial charge < -0.3 is 14.2 Å². The number of carbonyl (C=O) groups is 3. The van der Waals surface area contributed by atoms with Gasteiger partial charge in [0.25, 0.3) is 0 Å². The summed E-state index contributed by atoms with van der Waals surface area (Å²) in [5.74, 6) is -2.25. The van der Waals surface area contributed by atoms with Crippen LogP contribution in [0.5, 0.6) is 0 Å². The van der Waals surface area contributed by atoms with E-state index in [0.29, 0.717) is 19.3 Å². The minimum atomic E-state index is -1.58. The SMILES string of the molecule is O=C(OC1CCCCCCC1)C1CCCCC1(C(=O)OC1CCCCCCC1)C(=O)OC1CCCCCCC1. The molecule has 0 amide bonds. The Morgan fingerprint density at radius 2 is 0.744 bits per heavy atom. The minimum Gasteiger partial charge on any atom is -0.462 e. The Balaban J connectivity index is 1.55. The molecule has 0 heterocycles. The van der Waals surface area contributed by atoms with Gasteiger partial charge in [0.2, 0.25) is 0 Å². The van der Waals surface area contributed by atoms with Crippen LogP contribution in [0.1, 0.15) is 161 Å². The lowest BCUT2D eigenvalue weighted by Crippen LogP contribution is -2.54. The normalized spacial score (nSPS) is 26.9. The van der Waals surface area contributed by atoms with Gasteiger partial charge in [-0.1, -0.05) is 70.6 Å². The molecule has 222 valence electrons. The molecule has 0 bridgehead atoms. The quantitative estimate of drug-likeness (QED) is 0.190. The summed E-state index contributed by atoms with van der Waals surface area (Å²) in [5, 5.41) is 0. The topological polar surface area (TPSA) is 78.9 Å². The van der Waals surface area contributed by atoms with E-state index in [0.717, 1.165) is 109 Å². The first-order valence-corrected chi connectivity index (χ1v) is 16.7. The van der Waals surface area contributed by atoms with Crippen LogP contribution < -0.4 is 0 Å². The molecule has 0 N–H and O–H groups in total. The van der Waals surface area contributed by atoms with E-state index in [1.54, 1.807) is 0 Å². The molecule has 0 aromatic rings. The van der Waals surface area contributed by atoms with Crippen molar-refractivity contribution in [2.75, 3.05) is 0 Å². The van der Waals surface area contributed by atoms with Gasteiger partial charge in [0, 0.05) is 0 Å². The predicted octanol–water partition coefficient (Wildman–Crippen LogP) is 8.13. The molecule has 4 fully saturated rings. The van der Waals surface area contributed by atoms with E-state index in [-0.39, 0.29) is 24.3 Å². The van der Waals surface area contributed by atoms with E-state index in [1.165, 1.54) is 32.1 Å². The van der Waals surface area contributed by atoms with Gasteiger partial charge in [0.1, 0.15) is 18.3 Å². The fourth-order valence-corrected chi connectivity index (χ4v) is 7.43. The van der Waals surface area contributed by atoms with Crippen LogP contribution in [0.15, 0.2) is 0 Å². The van der Waals surface area contributed by atoms with Gasteiger partial charge in [0.15, 0.2) is 5.41 Å². The second-order valence-corrected chi connectivity index (χ2v) is 12.9. The number of carbonyl (C=O) groups excluding carboxylic acids is 3. The Kier molecular flexibility index (Phi) is 12.5. The molecule has 4 saturated carbocycles. The molecule has 0 saturated heterocycles. The fourth-order valence-electron chi connectivity index (χ4n) is 7.43. The van der Waals surface area contributed by atoms with Crippen molar-refractivity contribution in [1.82, 2.24) is 0 Å². The molecular formula is C33H54O6. The van der Waals surface area contributed by atoms with Crippen molar-refractivity contribution < 1.29 is 28.6 Å². The standard InChI is InChI=1S/C33H54O6/c34-30(37-26-18-10-4-1-5-11-19-26)29-24-16-17-25-33(29,31(35)38-27-20-12-6-2-7-13-21-27)32(36)39-28-22-14-8-3-9-15-23-28/h26-29H,1-25H2. The summed E-state index contributed by atoms with van der Waals surface area (Å²) < 4.78 is 18.5. The number of rotatable bonds is 6. The van der Waals surface area contributed by atoms with E-state index < -0.39 is 23.3 Å². The van der Waals surface area contributed by atoms with Gasteiger partial charge >= 0.3 is 17.9 Å². The molecule has 0 aromatic carbocycles. The van der Waals surface area contributed by atoms with E-state index in [2.05, 4.69) is 0 Å². The molecule has 6 heteroatoms. The van der Waals surface area contributed by atoms with Crippen LogP contribution in [-0.4, -0.2) is 36.2 Å². The Morgan fingerprint density at radius 1 is 0.410 bits per heavy atom. The first-order valence-electron chi connectivity index (χ1n) is 16.7. The molecule has 0 radical (unpaired) electrons. The molecule has 0 aliphatic heterocycles. The van der Waals surface area contributed by atoms with E-state index in [1.807, 2.05) is 0 Å². The Labute approximate surface area is 236 Å². The third kappa shape index (κ3) is 8.70. The summed E-state index contributed by atoms with van der Waals surface area (Å²) in [6.07, 6.45) is 23.8. The summed E-state index contributed by atoms with van der Waals surface area (Å²) in [6, 6.07) is 0. The average Bonchev–Trinajstić information content (AvgIpc) is 2.88. The monoisotopic (exact) mass is 546 g/mol. The third-order valence-corrected chi connectivity index (χ3v) is 9.91. The van der Waals surface area contributed by atoms with Crippen LogP contribution in [0.2, 0.25) is 0 Å². The predicted molar refractivity (Wildman–Crippen MR) is 151 cm³/mol. The second-order valence-electron chi connectivity index (χ2n) is 12.9. The summed E-state index contributed by atoms with van der Waals surface area (Å²) in [4.78, 5) is 42.2. The third-order valence-electron chi connectivity index (χ3n) is 9.91. The summed E-state index contributed by atoms with van der Waals surface area (Å²) in [7, 11) is 0. The molecular weight excluding hydrogens is 492 g/mol. The van der Waals surface area contributed by atoms with Gasteiger partial charge in [-0.25, -0.2) is 0 Å². The zero-order valence-electron chi connectivity index (χ0n) is 24.4. The molecule has 1 atom stereocenters. The van der Waals surface area contributed by atoms with Crippen molar-refractivity contribution in [3.63, 3.8) is 0 Å². The maximum atomic E-state index is 14.2. The van der Waals surface area contributed by atoms with Crippen molar-refractivity contribution in [2.24, 2.45) is 11.3 Å². The first kappa shape index (κ1) is 30.4. The Morgan fingerprint density at radius 3 is 1.15 bits per heavy atom. The molecule has 1 unspecified atom stereocenters. The molecule has 4 aliphatic carbocycles. The highest BCUT2D eigenvalue weighted by molar-refractivity contribution is 6.04. The maximum absolute atomic E-state index is 14.2. The largest absolute Gasteiger partial charge is 0.462 e. The molecule has 4 rings (SSSR count). The van der Waals surface area contributed by atoms with Crippen molar-refractivity contribution in [1.29, 1.82) is 0 Å². The summed E-state index contributed by atoms with van der Waals surface area (Å²) in [5.41, 5.74) is -1.58. The number of hydrogen-bond acceptors (Lipinski definition) is 6. The maximum Gasteiger partial charge on any atom is 0.324 e. The fraction of sp³-hybridized carbons (Fsp3) is 0.909. The number of hydrogen-bond donors (Lipinski definition) is 0. The van der Waals surface area contributed by atoms with Crippen LogP contribution in [0, 0.1) is 11.3 Å². The summed E-state index contributed by atoms with van der Waals surface area (Å²) >= 11 is 0. The van der Waals surface area contributed by atoms with Crippen LogP contribution >= 0.6 is 0 Å². The lowest BCUT2D eigenvalue weighted by atomic mass is 9.65. The van der Waals surface area contributed by atoms with Gasteiger partial charge in [0.05, 0.1) is 5.92 Å². The van der Waals surface area contributed by atoms with Crippen molar-refractivity contribution in [3.8, 4) is 0 Å². The van der Waals surface area contributed by atoms with E-state index >= 15 is 0 Å². The highest BCUT2D eigenvalue weighted by atomic mass is 16.6. The Hall–Kier alpha value is -1.59. The lowest BCUT2D eigenvalue weighted by Gasteiger charge is -2.40. The van der Waals surface area contributed by atoms with Crippen LogP contribution in [-0.2, 0) is 28.6 Å². The second kappa shape index (κ2) is 16.0. The van der Waals surface area contributed by atoms with Gasteiger partial charge in [-0.2, -0.15) is 0 Å². The van der Waals surface area contributed by atoms with Crippen LogP contribution in [0.4, 0.5) is 0 Å². The molecule has 39 heavy (non-hydrogen) atoms. The molecule has 0 aromatic heterocycles. The number of ether oxygens (including phenoxy) is 3. The van der Waals surface area contributed by atoms with Crippen molar-refractivity contribution >= 4 is 17.9 Å². The molecule has 4 aliphatic rings. The van der Waals surface area contributed by atoms with Crippen LogP contribution in [0.25, 0.3) is 0 Å². The van der Waals surface area contributed by atoms with Gasteiger partial charge in [-0.15, -0.1) is 0 Å². The molecule has 0 spiro atoms. The van der Waals surface area contributed by atoms with Crippen molar-refractivity contribution in [3.05, 3.63) is 0 Å². The zero-order valence-corrected chi connectivity index (χ0v) is 24.4. The van der Waals surface area contributed by atoms with Gasteiger partial charge in [-0.3, -0.25) is 14.4 Å². The lowest BCUT2D eigenvalue weighted by molar-refractivity contribution is -0.195. The van der Waals surface area contributed by atoms with Crippen LogP contribution in [0.3, 0.4) is 0 Å². The van der Waals surface area contributed by atoms with E-state index in [4.69, 9.17) is 14.2 Å². The smallest absolute Gasteiger partial charge is 0.324 e. The zero-order chi connectivity index (χ0) is 27.3. The van der Waals surface area contributed by atoms with E-state index in [9.17, 15) is 14.4 Å². The average molecular weight is 547 g/mol. The Bertz CT molecular complexity index is 718. The first-order chi connectivity index (χ1) is 19.1. The number of esters is 3. The summed E-state index contributed by atoms with van der Waals surface area (Å²) in [6.45, 7) is 0. The minimum absolute atomic E-state index is 0.124.